The number of carbonyl (C=O) groups is 1. The van der Waals surface area contributed by atoms with E-state index >= 15 is 0 Å². The van der Waals surface area contributed by atoms with E-state index in [9.17, 15) is 4.79 Å². The lowest BCUT2D eigenvalue weighted by molar-refractivity contribution is -0.129. The molecule has 1 saturated heterocycles. The number of aromatic nitrogens is 3. The molecule has 0 radical (unpaired) electrons. The molecule has 30 heavy (non-hydrogen) atoms. The molecular formula is C24H30N4O2. The van der Waals surface area contributed by atoms with Gasteiger partial charge in [0, 0.05) is 32.3 Å². The highest BCUT2D eigenvalue weighted by Crippen LogP contribution is 2.24. The number of fused-ring (bicyclic) bond motifs is 1. The number of pyridine rings is 1. The molecule has 1 atom stereocenters. The van der Waals surface area contributed by atoms with E-state index in [2.05, 4.69) is 23.4 Å². The van der Waals surface area contributed by atoms with E-state index in [1.807, 2.05) is 47.5 Å². The van der Waals surface area contributed by atoms with E-state index in [0.29, 0.717) is 18.3 Å². The van der Waals surface area contributed by atoms with Crippen molar-refractivity contribution in [1.29, 1.82) is 0 Å². The third-order valence-corrected chi connectivity index (χ3v) is 5.73. The first-order chi connectivity index (χ1) is 14.5. The summed E-state index contributed by atoms with van der Waals surface area (Å²) in [7, 11) is 1.65. The molecule has 1 aromatic carbocycles. The number of methoxy groups -OCH3 is 1. The van der Waals surface area contributed by atoms with Crippen molar-refractivity contribution in [2.24, 2.45) is 11.8 Å². The lowest BCUT2D eigenvalue weighted by Gasteiger charge is -2.17. The molecule has 1 aliphatic heterocycles. The normalized spacial score (nSPS) is 16.5. The molecular weight excluding hydrogens is 376 g/mol. The topological polar surface area (TPSA) is 60.2 Å². The van der Waals surface area contributed by atoms with Gasteiger partial charge in [-0.1, -0.05) is 26.0 Å². The first-order valence-electron chi connectivity index (χ1n) is 10.7. The van der Waals surface area contributed by atoms with Crippen LogP contribution < -0.4 is 4.74 Å². The maximum absolute atomic E-state index is 12.8. The van der Waals surface area contributed by atoms with Crippen molar-refractivity contribution < 1.29 is 9.53 Å². The number of benzene rings is 1. The SMILES string of the molecule is COc1cccc(CC(=O)N2CC[C@H](Cc3nc4cccnc4n3CC(C)C)C2)c1. The Bertz CT molecular complexity index is 1030. The molecule has 158 valence electrons. The van der Waals surface area contributed by atoms with Crippen LogP contribution in [0.15, 0.2) is 42.6 Å². The molecule has 1 amide bonds. The highest BCUT2D eigenvalue weighted by atomic mass is 16.5. The van der Waals surface area contributed by atoms with Crippen LogP contribution in [0.4, 0.5) is 0 Å². The van der Waals surface area contributed by atoms with Gasteiger partial charge in [0.1, 0.15) is 17.1 Å². The van der Waals surface area contributed by atoms with Crippen LogP contribution in [0, 0.1) is 11.8 Å². The molecule has 6 nitrogen and oxygen atoms in total. The maximum atomic E-state index is 12.8. The Morgan fingerprint density at radius 2 is 2.13 bits per heavy atom. The second-order valence-electron chi connectivity index (χ2n) is 8.61. The van der Waals surface area contributed by atoms with Crippen LogP contribution in [0.3, 0.4) is 0 Å². The zero-order chi connectivity index (χ0) is 21.1. The minimum absolute atomic E-state index is 0.183. The quantitative estimate of drug-likeness (QED) is 0.600. The van der Waals surface area contributed by atoms with Gasteiger partial charge in [-0.3, -0.25) is 4.79 Å². The van der Waals surface area contributed by atoms with Gasteiger partial charge in [-0.2, -0.15) is 0 Å². The predicted octanol–water partition coefficient (Wildman–Crippen LogP) is 3.73. The van der Waals surface area contributed by atoms with Crippen LogP contribution in [-0.4, -0.2) is 45.5 Å². The largest absolute Gasteiger partial charge is 0.497 e. The second kappa shape index (κ2) is 8.86. The average Bonchev–Trinajstić information content (AvgIpc) is 3.33. The van der Waals surface area contributed by atoms with Crippen molar-refractivity contribution in [3.8, 4) is 5.75 Å². The molecule has 0 bridgehead atoms. The molecule has 2 aromatic heterocycles. The number of rotatable bonds is 7. The van der Waals surface area contributed by atoms with Crippen molar-refractivity contribution in [2.75, 3.05) is 20.2 Å². The van der Waals surface area contributed by atoms with E-state index in [1.165, 1.54) is 0 Å². The molecule has 1 aliphatic rings. The van der Waals surface area contributed by atoms with Crippen LogP contribution in [0.2, 0.25) is 0 Å². The Morgan fingerprint density at radius 1 is 1.27 bits per heavy atom. The lowest BCUT2D eigenvalue weighted by atomic mass is 10.0. The molecule has 4 rings (SSSR count). The van der Waals surface area contributed by atoms with Crippen LogP contribution in [0.1, 0.15) is 31.7 Å². The number of amides is 1. The summed E-state index contributed by atoms with van der Waals surface area (Å²) in [4.78, 5) is 24.2. The van der Waals surface area contributed by atoms with E-state index in [1.54, 1.807) is 7.11 Å². The molecule has 0 unspecified atom stereocenters. The second-order valence-corrected chi connectivity index (χ2v) is 8.61. The predicted molar refractivity (Wildman–Crippen MR) is 117 cm³/mol. The summed E-state index contributed by atoms with van der Waals surface area (Å²) < 4.78 is 7.53. The first-order valence-corrected chi connectivity index (χ1v) is 10.7. The number of nitrogens with zero attached hydrogens (tertiary/aromatic N) is 4. The molecule has 3 aromatic rings. The maximum Gasteiger partial charge on any atom is 0.227 e. The van der Waals surface area contributed by atoms with Gasteiger partial charge in [-0.05, 0) is 48.1 Å². The molecule has 0 aliphatic carbocycles. The number of hydrogen-bond donors (Lipinski definition) is 0. The van der Waals surface area contributed by atoms with Crippen molar-refractivity contribution in [1.82, 2.24) is 19.4 Å². The first kappa shape index (κ1) is 20.4. The standard InChI is InChI=1S/C24H30N4O2/c1-17(2)15-28-22(26-21-8-5-10-25-24(21)28)13-19-9-11-27(16-19)23(29)14-18-6-4-7-20(12-18)30-3/h4-8,10,12,17,19H,9,11,13-16H2,1-3H3/t19-/m1/s1. The fraction of sp³-hybridized carbons (Fsp3) is 0.458. The summed E-state index contributed by atoms with van der Waals surface area (Å²) in [5.74, 6) is 3.01. The summed E-state index contributed by atoms with van der Waals surface area (Å²) >= 11 is 0. The monoisotopic (exact) mass is 406 g/mol. The molecule has 6 heteroatoms. The van der Waals surface area contributed by atoms with E-state index < -0.39 is 0 Å². The number of hydrogen-bond acceptors (Lipinski definition) is 4. The van der Waals surface area contributed by atoms with Gasteiger partial charge >= 0.3 is 0 Å². The van der Waals surface area contributed by atoms with Gasteiger partial charge in [-0.25, -0.2) is 9.97 Å². The molecule has 0 N–H and O–H groups in total. The smallest absolute Gasteiger partial charge is 0.227 e. The Labute approximate surface area is 177 Å². The van der Waals surface area contributed by atoms with Crippen LogP contribution >= 0.6 is 0 Å². The van der Waals surface area contributed by atoms with Gasteiger partial charge in [-0.15, -0.1) is 0 Å². The van der Waals surface area contributed by atoms with Crippen molar-refractivity contribution >= 4 is 17.1 Å². The van der Waals surface area contributed by atoms with Crippen LogP contribution in [0.5, 0.6) is 5.75 Å². The minimum atomic E-state index is 0.183. The molecule has 0 spiro atoms. The third kappa shape index (κ3) is 4.48. The Balaban J connectivity index is 1.43. The highest BCUT2D eigenvalue weighted by molar-refractivity contribution is 5.79. The summed E-state index contributed by atoms with van der Waals surface area (Å²) in [6.07, 6.45) is 4.15. The van der Waals surface area contributed by atoms with Crippen molar-refractivity contribution in [3.63, 3.8) is 0 Å². The van der Waals surface area contributed by atoms with E-state index in [0.717, 1.165) is 60.8 Å². The minimum Gasteiger partial charge on any atom is -0.497 e. The molecule has 0 saturated carbocycles. The Kier molecular flexibility index (Phi) is 6.02. The van der Waals surface area contributed by atoms with Gasteiger partial charge in [0.05, 0.1) is 13.5 Å². The number of ether oxygens (including phenoxy) is 1. The average molecular weight is 407 g/mol. The number of imidazole rings is 1. The lowest BCUT2D eigenvalue weighted by Crippen LogP contribution is -2.30. The number of likely N-dealkylation sites (tertiary alicyclic amines) is 1. The zero-order valence-electron chi connectivity index (χ0n) is 18.0. The Hall–Kier alpha value is -2.89. The third-order valence-electron chi connectivity index (χ3n) is 5.73. The zero-order valence-corrected chi connectivity index (χ0v) is 18.0. The number of carbonyl (C=O) groups excluding carboxylic acids is 1. The summed E-state index contributed by atoms with van der Waals surface area (Å²) in [5.41, 5.74) is 2.91. The summed E-state index contributed by atoms with van der Waals surface area (Å²) in [5, 5.41) is 0. The van der Waals surface area contributed by atoms with Gasteiger partial charge < -0.3 is 14.2 Å². The molecule has 3 heterocycles. The van der Waals surface area contributed by atoms with Gasteiger partial charge in [0.15, 0.2) is 5.65 Å². The van der Waals surface area contributed by atoms with Gasteiger partial charge in [0.25, 0.3) is 0 Å². The van der Waals surface area contributed by atoms with E-state index in [4.69, 9.17) is 9.72 Å². The van der Waals surface area contributed by atoms with Crippen molar-refractivity contribution in [3.05, 3.63) is 54.0 Å². The summed E-state index contributed by atoms with van der Waals surface area (Å²) in [6, 6.07) is 11.7. The van der Waals surface area contributed by atoms with Crippen LogP contribution in [0.25, 0.3) is 11.2 Å². The molecule has 1 fully saturated rings. The Morgan fingerprint density at radius 3 is 2.93 bits per heavy atom. The van der Waals surface area contributed by atoms with Gasteiger partial charge in [0.2, 0.25) is 5.91 Å². The van der Waals surface area contributed by atoms with Crippen molar-refractivity contribution in [2.45, 2.75) is 39.7 Å². The van der Waals surface area contributed by atoms with Crippen LogP contribution in [-0.2, 0) is 24.2 Å². The highest BCUT2D eigenvalue weighted by Gasteiger charge is 2.28. The summed E-state index contributed by atoms with van der Waals surface area (Å²) in [6.45, 7) is 6.95. The fourth-order valence-electron chi connectivity index (χ4n) is 4.27. The van der Waals surface area contributed by atoms with E-state index in [-0.39, 0.29) is 5.91 Å². The fourth-order valence-corrected chi connectivity index (χ4v) is 4.27.